The minimum absolute atomic E-state index is 0.000185. The van der Waals surface area contributed by atoms with Crippen molar-refractivity contribution in [2.75, 3.05) is 18.5 Å². The van der Waals surface area contributed by atoms with E-state index in [2.05, 4.69) is 10.3 Å². The number of nitrogens with one attached hydrogen (secondary N) is 1. The lowest BCUT2D eigenvalue weighted by Gasteiger charge is -2.52. The highest BCUT2D eigenvalue weighted by Crippen LogP contribution is 2.48. The molecule has 1 amide bonds. The van der Waals surface area contributed by atoms with E-state index in [4.69, 9.17) is 19.3 Å². The van der Waals surface area contributed by atoms with E-state index in [0.29, 0.717) is 11.4 Å². The van der Waals surface area contributed by atoms with E-state index in [-0.39, 0.29) is 42.0 Å². The first kappa shape index (κ1) is 30.6. The molecular formula is C28H40F2N2O5. The Hall–Kier alpha value is -2.62. The van der Waals surface area contributed by atoms with Gasteiger partial charge >= 0.3 is 0 Å². The number of benzene rings is 1. The van der Waals surface area contributed by atoms with Gasteiger partial charge in [-0.2, -0.15) is 4.39 Å². The number of aliphatic hydroxyl groups excluding tert-OH is 1. The van der Waals surface area contributed by atoms with Gasteiger partial charge in [0.1, 0.15) is 12.2 Å². The standard InChI is InChI=1S/C12H12F2O2.C12H16N2O3.2C2H6/c13-9-2-1-3-10(11(9)14)16-8-4-12(5-8)6-15-7-12;1-8-2-5-11(17-8)12(16)14-9-3-4-10(7-15)13-6-9;2*1-2/h1-3,8H,4-7H2;3-4,6,8,11,15H,2,5,7H2,1H3,(H,14,16);2*1-2H3/t;8?,11-;;/m.1../s1. The van der Waals surface area contributed by atoms with Gasteiger partial charge in [0.25, 0.3) is 5.91 Å². The van der Waals surface area contributed by atoms with Gasteiger partial charge in [-0.05, 0) is 56.9 Å². The van der Waals surface area contributed by atoms with E-state index in [0.717, 1.165) is 45.0 Å². The molecule has 1 spiro atoms. The smallest absolute Gasteiger partial charge is 0.253 e. The maximum Gasteiger partial charge on any atom is 0.253 e. The van der Waals surface area contributed by atoms with Crippen molar-refractivity contribution in [1.82, 2.24) is 4.98 Å². The monoisotopic (exact) mass is 522 g/mol. The topological polar surface area (TPSA) is 89.9 Å². The van der Waals surface area contributed by atoms with Gasteiger partial charge in [0.15, 0.2) is 11.6 Å². The van der Waals surface area contributed by atoms with Gasteiger partial charge in [0.05, 0.1) is 43.5 Å². The van der Waals surface area contributed by atoms with Crippen molar-refractivity contribution in [3.8, 4) is 5.75 Å². The first-order chi connectivity index (χ1) is 17.9. The largest absolute Gasteiger partial charge is 0.487 e. The van der Waals surface area contributed by atoms with Gasteiger partial charge in [-0.15, -0.1) is 0 Å². The average Bonchev–Trinajstić information content (AvgIpc) is 3.32. The summed E-state index contributed by atoms with van der Waals surface area (Å²) in [6, 6.07) is 7.39. The molecule has 2 aliphatic heterocycles. The lowest BCUT2D eigenvalue weighted by atomic mass is 9.65. The summed E-state index contributed by atoms with van der Waals surface area (Å²) in [6.07, 6.45) is 4.76. The normalized spacial score (nSPS) is 21.0. The molecule has 3 fully saturated rings. The zero-order valence-corrected chi connectivity index (χ0v) is 22.4. The summed E-state index contributed by atoms with van der Waals surface area (Å²) in [7, 11) is 0. The van der Waals surface area contributed by atoms with Crippen LogP contribution in [0.2, 0.25) is 0 Å². The van der Waals surface area contributed by atoms with Gasteiger partial charge < -0.3 is 24.6 Å². The second kappa shape index (κ2) is 15.0. The maximum absolute atomic E-state index is 13.3. The van der Waals surface area contributed by atoms with Gasteiger partial charge in [-0.3, -0.25) is 9.78 Å². The quantitative estimate of drug-likeness (QED) is 0.527. The molecule has 7 nitrogen and oxygen atoms in total. The first-order valence-electron chi connectivity index (χ1n) is 13.1. The van der Waals surface area contributed by atoms with Crippen LogP contribution in [0, 0.1) is 17.0 Å². The SMILES string of the molecule is CC.CC.CC1CC[C@H](C(=O)Nc2ccc(CO)nc2)O1.Fc1cccc(OC2CC3(COC3)C2)c1F. The lowest BCUT2D eigenvalue weighted by molar-refractivity contribution is -0.191. The zero-order valence-electron chi connectivity index (χ0n) is 22.4. The number of halogens is 2. The number of pyridine rings is 1. The molecule has 2 aromatic rings. The summed E-state index contributed by atoms with van der Waals surface area (Å²) in [5, 5.41) is 11.6. The highest BCUT2D eigenvalue weighted by atomic mass is 19.2. The van der Waals surface area contributed by atoms with Crippen LogP contribution in [-0.2, 0) is 20.9 Å². The maximum atomic E-state index is 13.3. The number of amides is 1. The third kappa shape index (κ3) is 8.45. The summed E-state index contributed by atoms with van der Waals surface area (Å²) >= 11 is 0. The van der Waals surface area contributed by atoms with Crippen molar-refractivity contribution in [2.45, 2.75) is 85.2 Å². The Bertz CT molecular complexity index is 962. The molecule has 1 aromatic heterocycles. The number of nitrogens with zero attached hydrogens (tertiary/aromatic N) is 1. The van der Waals surface area contributed by atoms with Crippen LogP contribution in [0.3, 0.4) is 0 Å². The number of hydrogen-bond donors (Lipinski definition) is 2. The second-order valence-electron chi connectivity index (χ2n) is 8.89. The van der Waals surface area contributed by atoms with E-state index in [1.807, 2.05) is 34.6 Å². The minimum Gasteiger partial charge on any atom is -0.487 e. The van der Waals surface area contributed by atoms with Crippen LogP contribution in [0.15, 0.2) is 36.5 Å². The molecule has 1 aliphatic carbocycles. The van der Waals surface area contributed by atoms with Crippen molar-refractivity contribution in [3.63, 3.8) is 0 Å². The number of carbonyl (C=O) groups is 1. The Balaban J connectivity index is 0.000000230. The highest BCUT2D eigenvalue weighted by molar-refractivity contribution is 5.94. The number of aromatic nitrogens is 1. The predicted molar refractivity (Wildman–Crippen MR) is 138 cm³/mol. The molecule has 2 atom stereocenters. The van der Waals surface area contributed by atoms with Crippen molar-refractivity contribution in [1.29, 1.82) is 0 Å². The summed E-state index contributed by atoms with van der Waals surface area (Å²) in [5.74, 6) is -1.88. The lowest BCUT2D eigenvalue weighted by Crippen LogP contribution is -2.56. The molecule has 1 unspecified atom stereocenters. The van der Waals surface area contributed by atoms with Gasteiger partial charge in [0, 0.05) is 5.41 Å². The Morgan fingerprint density at radius 2 is 1.84 bits per heavy atom. The molecule has 2 saturated heterocycles. The first-order valence-corrected chi connectivity index (χ1v) is 13.1. The number of ether oxygens (including phenoxy) is 3. The molecule has 3 heterocycles. The number of rotatable bonds is 5. The Morgan fingerprint density at radius 3 is 2.35 bits per heavy atom. The summed E-state index contributed by atoms with van der Waals surface area (Å²) in [4.78, 5) is 15.8. The van der Waals surface area contributed by atoms with E-state index in [9.17, 15) is 13.6 Å². The number of aliphatic hydroxyl groups is 1. The van der Waals surface area contributed by atoms with Crippen molar-refractivity contribution in [2.24, 2.45) is 5.41 Å². The summed E-state index contributed by atoms with van der Waals surface area (Å²) < 4.78 is 42.2. The highest BCUT2D eigenvalue weighted by Gasteiger charge is 2.51. The van der Waals surface area contributed by atoms with Crippen LogP contribution in [0.1, 0.15) is 66.0 Å². The molecular weight excluding hydrogens is 482 g/mol. The summed E-state index contributed by atoms with van der Waals surface area (Å²) in [5.41, 5.74) is 1.47. The van der Waals surface area contributed by atoms with E-state index >= 15 is 0 Å². The molecule has 9 heteroatoms. The van der Waals surface area contributed by atoms with Gasteiger partial charge in [0.2, 0.25) is 5.82 Å². The Kier molecular flexibility index (Phi) is 12.4. The van der Waals surface area contributed by atoms with Gasteiger partial charge in [-0.1, -0.05) is 33.8 Å². The number of hydrogen-bond acceptors (Lipinski definition) is 6. The molecule has 37 heavy (non-hydrogen) atoms. The fourth-order valence-corrected chi connectivity index (χ4v) is 4.18. The molecule has 2 N–H and O–H groups in total. The van der Waals surface area contributed by atoms with Crippen LogP contribution in [0.5, 0.6) is 5.75 Å². The summed E-state index contributed by atoms with van der Waals surface area (Å²) in [6.45, 7) is 11.4. The average molecular weight is 523 g/mol. The molecule has 5 rings (SSSR count). The van der Waals surface area contributed by atoms with Crippen LogP contribution in [0.25, 0.3) is 0 Å². The molecule has 1 aromatic carbocycles. The number of carbonyl (C=O) groups excluding carboxylic acids is 1. The van der Waals surface area contributed by atoms with Crippen LogP contribution >= 0.6 is 0 Å². The van der Waals surface area contributed by atoms with E-state index in [1.54, 1.807) is 12.1 Å². The molecule has 1 saturated carbocycles. The zero-order chi connectivity index (χ0) is 27.4. The molecule has 3 aliphatic rings. The molecule has 206 valence electrons. The fourth-order valence-electron chi connectivity index (χ4n) is 4.18. The Labute approximate surface area is 218 Å². The third-order valence-corrected chi connectivity index (χ3v) is 6.13. The van der Waals surface area contributed by atoms with Crippen molar-refractivity contribution >= 4 is 11.6 Å². The van der Waals surface area contributed by atoms with Crippen LogP contribution in [0.4, 0.5) is 14.5 Å². The number of anilines is 1. The van der Waals surface area contributed by atoms with E-state index in [1.165, 1.54) is 18.3 Å². The van der Waals surface area contributed by atoms with Crippen molar-refractivity contribution < 1.29 is 32.9 Å². The van der Waals surface area contributed by atoms with E-state index < -0.39 is 11.6 Å². The van der Waals surface area contributed by atoms with Crippen LogP contribution in [-0.4, -0.2) is 47.5 Å². The molecule has 0 radical (unpaired) electrons. The second-order valence-corrected chi connectivity index (χ2v) is 8.89. The predicted octanol–water partition coefficient (Wildman–Crippen LogP) is 5.65. The van der Waals surface area contributed by atoms with Crippen LogP contribution < -0.4 is 10.1 Å². The third-order valence-electron chi connectivity index (χ3n) is 6.13. The minimum atomic E-state index is -0.895. The Morgan fingerprint density at radius 1 is 1.14 bits per heavy atom. The van der Waals surface area contributed by atoms with Gasteiger partial charge in [-0.25, -0.2) is 4.39 Å². The molecule has 0 bridgehead atoms. The van der Waals surface area contributed by atoms with Crippen molar-refractivity contribution in [3.05, 3.63) is 53.9 Å². The fraction of sp³-hybridized carbons (Fsp3) is 0.571.